The number of hydrogen-bond acceptors (Lipinski definition) is 3. The first-order chi connectivity index (χ1) is 6.15. The van der Waals surface area contributed by atoms with Gasteiger partial charge in [-0.1, -0.05) is 0 Å². The van der Waals surface area contributed by atoms with Gasteiger partial charge in [0.25, 0.3) is 0 Å². The minimum absolute atomic E-state index is 0.215. The van der Waals surface area contributed by atoms with Crippen LogP contribution < -0.4 is 5.32 Å². The van der Waals surface area contributed by atoms with Gasteiger partial charge >= 0.3 is 12.0 Å². The summed E-state index contributed by atoms with van der Waals surface area (Å²) in [4.78, 5) is 23.4. The van der Waals surface area contributed by atoms with Gasteiger partial charge in [0.05, 0.1) is 18.7 Å². The van der Waals surface area contributed by atoms with E-state index < -0.39 is 0 Å². The van der Waals surface area contributed by atoms with E-state index in [9.17, 15) is 9.59 Å². The second-order valence-electron chi connectivity index (χ2n) is 2.64. The summed E-state index contributed by atoms with van der Waals surface area (Å²) in [6, 6.07) is -0.215. The number of hydrogen-bond donors (Lipinski definition) is 1. The topological polar surface area (TPSA) is 58.6 Å². The Balaban J connectivity index is 2.66. The van der Waals surface area contributed by atoms with E-state index >= 15 is 0 Å². The molecule has 0 saturated carbocycles. The number of nitrogens with one attached hydrogen (secondary N) is 1. The largest absolute Gasteiger partial charge is 0.463 e. The van der Waals surface area contributed by atoms with Crippen LogP contribution in [0.2, 0.25) is 0 Å². The maximum atomic E-state index is 11.2. The summed E-state index contributed by atoms with van der Waals surface area (Å²) in [6.07, 6.45) is 1.48. The van der Waals surface area contributed by atoms with E-state index in [4.69, 9.17) is 4.74 Å². The van der Waals surface area contributed by atoms with E-state index in [0.29, 0.717) is 12.2 Å². The van der Waals surface area contributed by atoms with Gasteiger partial charge in [-0.15, -0.1) is 0 Å². The van der Waals surface area contributed by atoms with Crippen LogP contribution in [0.15, 0.2) is 11.8 Å². The van der Waals surface area contributed by atoms with E-state index in [1.807, 2.05) is 0 Å². The summed E-state index contributed by atoms with van der Waals surface area (Å²) < 4.78 is 4.78. The first kappa shape index (κ1) is 9.57. The highest BCUT2D eigenvalue weighted by Gasteiger charge is 2.19. The Kier molecular flexibility index (Phi) is 2.89. The monoisotopic (exact) mass is 184 g/mol. The van der Waals surface area contributed by atoms with Gasteiger partial charge in [0.15, 0.2) is 0 Å². The molecule has 2 amide bonds. The van der Waals surface area contributed by atoms with Crippen LogP contribution in [0.4, 0.5) is 4.79 Å². The molecule has 0 radical (unpaired) electrons. The Morgan fingerprint density at radius 3 is 3.00 bits per heavy atom. The molecule has 0 unspecified atom stereocenters. The highest BCUT2D eigenvalue weighted by atomic mass is 16.5. The van der Waals surface area contributed by atoms with Gasteiger partial charge in [-0.2, -0.15) is 0 Å². The zero-order valence-electron chi connectivity index (χ0n) is 7.66. The fraction of sp³-hybridized carbons (Fsp3) is 0.500. The van der Waals surface area contributed by atoms with E-state index in [2.05, 4.69) is 5.32 Å². The Hall–Kier alpha value is -1.52. The van der Waals surface area contributed by atoms with Crippen LogP contribution >= 0.6 is 0 Å². The quantitative estimate of drug-likeness (QED) is 0.619. The standard InChI is InChI=1S/C8H12N2O3/c1-3-13-7(11)6-4-9-8(12)10(2)5-6/h5H,3-4H2,1-2H3,(H,9,12). The molecule has 0 spiro atoms. The Bertz CT molecular complexity index is 260. The molecule has 0 fully saturated rings. The summed E-state index contributed by atoms with van der Waals surface area (Å²) in [7, 11) is 1.58. The smallest absolute Gasteiger partial charge is 0.337 e. The number of carbonyl (C=O) groups excluding carboxylic acids is 2. The van der Waals surface area contributed by atoms with Crippen molar-refractivity contribution < 1.29 is 14.3 Å². The minimum Gasteiger partial charge on any atom is -0.463 e. The molecule has 1 aliphatic rings. The molecule has 0 aromatic carbocycles. The van der Waals surface area contributed by atoms with Gasteiger partial charge < -0.3 is 15.0 Å². The van der Waals surface area contributed by atoms with Crippen molar-refractivity contribution in [2.24, 2.45) is 0 Å². The molecule has 5 heteroatoms. The van der Waals surface area contributed by atoms with Crippen molar-refractivity contribution in [3.8, 4) is 0 Å². The lowest BCUT2D eigenvalue weighted by Gasteiger charge is -2.20. The molecule has 0 bridgehead atoms. The van der Waals surface area contributed by atoms with Gasteiger partial charge in [0.2, 0.25) is 0 Å². The molecule has 13 heavy (non-hydrogen) atoms. The third-order valence-electron chi connectivity index (χ3n) is 1.64. The third kappa shape index (κ3) is 2.21. The van der Waals surface area contributed by atoms with Crippen molar-refractivity contribution in [3.63, 3.8) is 0 Å². The lowest BCUT2D eigenvalue weighted by molar-refractivity contribution is -0.138. The molecule has 0 aromatic rings. The Labute approximate surface area is 76.3 Å². The number of amides is 2. The second kappa shape index (κ2) is 3.93. The van der Waals surface area contributed by atoms with Crippen LogP contribution in [0.3, 0.4) is 0 Å². The van der Waals surface area contributed by atoms with Gasteiger partial charge in [0.1, 0.15) is 0 Å². The number of urea groups is 1. The number of nitrogens with zero attached hydrogens (tertiary/aromatic N) is 1. The summed E-state index contributed by atoms with van der Waals surface area (Å²) in [5.74, 6) is -0.380. The number of esters is 1. The fourth-order valence-corrected chi connectivity index (χ4v) is 0.982. The van der Waals surface area contributed by atoms with Gasteiger partial charge in [-0.05, 0) is 6.92 Å². The number of ether oxygens (including phenoxy) is 1. The zero-order chi connectivity index (χ0) is 9.84. The lowest BCUT2D eigenvalue weighted by atomic mass is 10.2. The number of rotatable bonds is 2. The Morgan fingerprint density at radius 2 is 2.46 bits per heavy atom. The van der Waals surface area contributed by atoms with Crippen LogP contribution in [0.5, 0.6) is 0 Å². The lowest BCUT2D eigenvalue weighted by Crippen LogP contribution is -2.41. The zero-order valence-corrected chi connectivity index (χ0v) is 7.66. The summed E-state index contributed by atoms with van der Waals surface area (Å²) >= 11 is 0. The molecule has 1 N–H and O–H groups in total. The summed E-state index contributed by atoms with van der Waals surface area (Å²) in [6.45, 7) is 2.32. The van der Waals surface area contributed by atoms with Crippen LogP contribution in [0.1, 0.15) is 6.92 Å². The first-order valence-electron chi connectivity index (χ1n) is 4.03. The van der Waals surface area contributed by atoms with Crippen molar-refractivity contribution in [3.05, 3.63) is 11.8 Å². The average molecular weight is 184 g/mol. The highest BCUT2D eigenvalue weighted by molar-refractivity contribution is 5.92. The van der Waals surface area contributed by atoms with Crippen molar-refractivity contribution in [2.45, 2.75) is 6.92 Å². The molecule has 0 atom stereocenters. The van der Waals surface area contributed by atoms with Crippen molar-refractivity contribution in [2.75, 3.05) is 20.2 Å². The maximum Gasteiger partial charge on any atom is 0.337 e. The van der Waals surface area contributed by atoms with Gasteiger partial charge in [-0.25, -0.2) is 9.59 Å². The van der Waals surface area contributed by atoms with Crippen molar-refractivity contribution >= 4 is 12.0 Å². The van der Waals surface area contributed by atoms with E-state index in [1.54, 1.807) is 14.0 Å². The summed E-state index contributed by atoms with van der Waals surface area (Å²) in [5, 5.41) is 2.54. The van der Waals surface area contributed by atoms with E-state index in [0.717, 1.165) is 0 Å². The van der Waals surface area contributed by atoms with Crippen molar-refractivity contribution in [1.29, 1.82) is 0 Å². The van der Waals surface area contributed by atoms with E-state index in [-0.39, 0.29) is 18.5 Å². The molecular formula is C8H12N2O3. The van der Waals surface area contributed by atoms with Crippen molar-refractivity contribution in [1.82, 2.24) is 10.2 Å². The molecule has 1 aliphatic heterocycles. The SMILES string of the molecule is CCOC(=O)C1=CN(C)C(=O)NC1. The second-order valence-corrected chi connectivity index (χ2v) is 2.64. The molecule has 5 nitrogen and oxygen atoms in total. The number of carbonyl (C=O) groups is 2. The van der Waals surface area contributed by atoms with Crippen LogP contribution in [0, 0.1) is 0 Å². The maximum absolute atomic E-state index is 11.2. The normalized spacial score (nSPS) is 16.3. The predicted molar refractivity (Wildman–Crippen MR) is 45.9 cm³/mol. The average Bonchev–Trinajstić information content (AvgIpc) is 2.10. The molecule has 72 valence electrons. The van der Waals surface area contributed by atoms with Crippen LogP contribution in [-0.4, -0.2) is 37.1 Å². The van der Waals surface area contributed by atoms with Crippen LogP contribution in [0.25, 0.3) is 0 Å². The fourth-order valence-electron chi connectivity index (χ4n) is 0.982. The predicted octanol–water partition coefficient (Wildman–Crippen LogP) is 0.0884. The minimum atomic E-state index is -0.380. The molecule has 0 saturated heterocycles. The Morgan fingerprint density at radius 1 is 1.77 bits per heavy atom. The molecular weight excluding hydrogens is 172 g/mol. The third-order valence-corrected chi connectivity index (χ3v) is 1.64. The highest BCUT2D eigenvalue weighted by Crippen LogP contribution is 2.04. The molecule has 1 heterocycles. The first-order valence-corrected chi connectivity index (χ1v) is 4.03. The summed E-state index contributed by atoms with van der Waals surface area (Å²) in [5.41, 5.74) is 0.462. The molecule has 1 rings (SSSR count). The van der Waals surface area contributed by atoms with Crippen LogP contribution in [-0.2, 0) is 9.53 Å². The molecule has 0 aliphatic carbocycles. The van der Waals surface area contributed by atoms with E-state index in [1.165, 1.54) is 11.1 Å². The molecule has 0 aromatic heterocycles. The van der Waals surface area contributed by atoms with Gasteiger partial charge in [-0.3, -0.25) is 0 Å². The van der Waals surface area contributed by atoms with Gasteiger partial charge in [0, 0.05) is 13.2 Å².